The fourth-order valence-electron chi connectivity index (χ4n) is 1.95. The fraction of sp³-hybridized carbons (Fsp3) is 1.00. The number of halogens is 16. The minimum atomic E-state index is -7.22. The van der Waals surface area contributed by atoms with Crippen LogP contribution in [0.5, 0.6) is 0 Å². The molecule has 0 aliphatic rings. The van der Waals surface area contributed by atoms with Gasteiger partial charge in [-0.3, -0.25) is 9.13 Å². The average molecular weight is 710 g/mol. The van der Waals surface area contributed by atoms with Crippen molar-refractivity contribution in [3.8, 4) is 0 Å². The third-order valence-electron chi connectivity index (χ3n) is 4.29. The molecule has 254 valence electrons. The number of ether oxygens (including phenoxy) is 4. The Bertz CT molecular complexity index is 920. The van der Waals surface area contributed by atoms with E-state index in [1.54, 1.807) is 0 Å². The normalized spacial score (nSPS) is 15.8. The largest absolute Gasteiger partial charge is 0.436 e. The highest BCUT2D eigenvalue weighted by molar-refractivity contribution is 7.53. The van der Waals surface area contributed by atoms with E-state index in [0.29, 0.717) is 0 Å². The molecule has 0 spiro atoms. The molecule has 42 heavy (non-hydrogen) atoms. The van der Waals surface area contributed by atoms with Gasteiger partial charge in [0.25, 0.3) is 0 Å². The quantitative estimate of drug-likeness (QED) is 0.0818. The van der Waals surface area contributed by atoms with Gasteiger partial charge in [-0.05, 0) is 0 Å². The lowest BCUT2D eigenvalue weighted by Gasteiger charge is -2.32. The van der Waals surface area contributed by atoms with Gasteiger partial charge in [0.05, 0.1) is 26.4 Å². The number of hydrogen-bond acceptors (Lipinski definition) is 6. The molecular formula is C14H16F16O10P2. The summed E-state index contributed by atoms with van der Waals surface area (Å²) in [6, 6.07) is 0. The van der Waals surface area contributed by atoms with E-state index >= 15 is 0 Å². The van der Waals surface area contributed by atoms with Gasteiger partial charge in [-0.2, -0.15) is 70.2 Å². The monoisotopic (exact) mass is 710 g/mol. The summed E-state index contributed by atoms with van der Waals surface area (Å²) in [4.78, 5) is 32.4. The van der Waals surface area contributed by atoms with Crippen molar-refractivity contribution in [3.05, 3.63) is 0 Å². The molecule has 0 atom stereocenters. The van der Waals surface area contributed by atoms with Crippen LogP contribution in [-0.4, -0.2) is 93.6 Å². The van der Waals surface area contributed by atoms with Gasteiger partial charge in [-0.15, -0.1) is 0 Å². The van der Waals surface area contributed by atoms with Gasteiger partial charge in [0.1, 0.15) is 0 Å². The lowest BCUT2D eigenvalue weighted by molar-refractivity contribution is -0.458. The molecule has 28 heteroatoms. The summed E-state index contributed by atoms with van der Waals surface area (Å²) >= 11 is 0. The SMILES string of the molecule is O=P(O)(O)C(F)(F)C(F)(F)OC(F)(F)C(F)(F)CCOCCOCCC(F)(F)C(F)(F)OC(F)(F)C(F)(F)P(=O)(O)O. The molecule has 0 aromatic rings. The van der Waals surface area contributed by atoms with Crippen molar-refractivity contribution in [3.63, 3.8) is 0 Å². The Morgan fingerprint density at radius 2 is 0.667 bits per heavy atom. The Balaban J connectivity index is 4.86. The Labute approximate surface area is 221 Å². The van der Waals surface area contributed by atoms with E-state index in [1.807, 2.05) is 9.47 Å². The maximum absolute atomic E-state index is 13.5. The van der Waals surface area contributed by atoms with E-state index in [-0.39, 0.29) is 0 Å². The summed E-state index contributed by atoms with van der Waals surface area (Å²) in [6.07, 6.45) is -31.4. The molecule has 0 heterocycles. The highest BCUT2D eigenvalue weighted by Gasteiger charge is 2.76. The first-order valence-corrected chi connectivity index (χ1v) is 13.0. The van der Waals surface area contributed by atoms with E-state index in [9.17, 15) is 79.4 Å². The molecule has 4 N–H and O–H groups in total. The summed E-state index contributed by atoms with van der Waals surface area (Å²) in [5.74, 6) is -11.6. The van der Waals surface area contributed by atoms with E-state index in [1.165, 1.54) is 0 Å². The first kappa shape index (κ1) is 41.0. The lowest BCUT2D eigenvalue weighted by atomic mass is 10.2. The van der Waals surface area contributed by atoms with Crippen molar-refractivity contribution in [1.82, 2.24) is 0 Å². The molecular weight excluding hydrogens is 694 g/mol. The molecule has 0 bridgehead atoms. The number of rotatable bonds is 19. The van der Waals surface area contributed by atoms with Crippen LogP contribution in [0.3, 0.4) is 0 Å². The molecule has 10 nitrogen and oxygen atoms in total. The zero-order valence-corrected chi connectivity index (χ0v) is 21.2. The topological polar surface area (TPSA) is 152 Å². The van der Waals surface area contributed by atoms with Gasteiger partial charge in [0.15, 0.2) is 0 Å². The molecule has 0 aliphatic heterocycles. The van der Waals surface area contributed by atoms with Crippen LogP contribution < -0.4 is 0 Å². The van der Waals surface area contributed by atoms with Crippen LogP contribution in [0.15, 0.2) is 0 Å². The van der Waals surface area contributed by atoms with Crippen molar-refractivity contribution >= 4 is 15.2 Å². The highest BCUT2D eigenvalue weighted by Crippen LogP contribution is 2.63. The van der Waals surface area contributed by atoms with Crippen LogP contribution in [0.4, 0.5) is 70.2 Å². The summed E-state index contributed by atoms with van der Waals surface area (Å²) < 4.78 is 244. The molecule has 0 saturated carbocycles. The van der Waals surface area contributed by atoms with E-state index in [4.69, 9.17) is 19.6 Å². The van der Waals surface area contributed by atoms with Crippen molar-refractivity contribution in [1.29, 1.82) is 0 Å². The summed E-state index contributed by atoms with van der Waals surface area (Å²) in [6.45, 7) is -5.39. The Hall–Kier alpha value is -0.980. The zero-order chi connectivity index (χ0) is 34.1. The van der Waals surface area contributed by atoms with Gasteiger partial charge in [0, 0.05) is 12.8 Å². The Kier molecular flexibility index (Phi) is 12.5. The first-order chi connectivity index (χ1) is 18.1. The summed E-state index contributed by atoms with van der Waals surface area (Å²) in [7, 11) is -14.4. The maximum atomic E-state index is 13.5. The molecule has 0 aromatic heterocycles. The molecule has 0 aliphatic carbocycles. The fourth-order valence-corrected chi connectivity index (χ4v) is 2.72. The van der Waals surface area contributed by atoms with Crippen LogP contribution >= 0.6 is 15.2 Å². The van der Waals surface area contributed by atoms with Crippen molar-refractivity contribution in [2.75, 3.05) is 26.4 Å². The van der Waals surface area contributed by atoms with Crippen LogP contribution in [-0.2, 0) is 28.1 Å². The summed E-state index contributed by atoms with van der Waals surface area (Å²) in [5, 5.41) is 0. The van der Waals surface area contributed by atoms with Crippen molar-refractivity contribution in [2.45, 2.75) is 60.4 Å². The molecule has 0 rings (SSSR count). The van der Waals surface area contributed by atoms with Gasteiger partial charge in [-0.25, -0.2) is 9.47 Å². The predicted octanol–water partition coefficient (Wildman–Crippen LogP) is 5.02. The molecule has 0 aromatic carbocycles. The van der Waals surface area contributed by atoms with Crippen LogP contribution in [0.2, 0.25) is 0 Å². The number of alkyl halides is 16. The number of hydrogen-bond donors (Lipinski definition) is 4. The molecule has 0 unspecified atom stereocenters. The molecule has 0 saturated heterocycles. The summed E-state index contributed by atoms with van der Waals surface area (Å²) in [5.41, 5.74) is -13.4. The molecule has 0 amide bonds. The van der Waals surface area contributed by atoms with E-state index < -0.39 is 102 Å². The zero-order valence-electron chi connectivity index (χ0n) is 19.4. The van der Waals surface area contributed by atoms with Gasteiger partial charge < -0.3 is 29.0 Å². The second-order valence-corrected chi connectivity index (χ2v) is 10.9. The van der Waals surface area contributed by atoms with Gasteiger partial charge in [-0.1, -0.05) is 0 Å². The van der Waals surface area contributed by atoms with Gasteiger partial charge in [0.2, 0.25) is 0 Å². The minimum Gasteiger partial charge on any atom is -0.379 e. The Morgan fingerprint density at radius 3 is 0.881 bits per heavy atom. The highest BCUT2D eigenvalue weighted by atomic mass is 31.2. The maximum Gasteiger partial charge on any atom is 0.436 e. The minimum absolute atomic E-state index is 1.08. The second kappa shape index (κ2) is 12.8. The van der Waals surface area contributed by atoms with Crippen LogP contribution in [0.1, 0.15) is 12.8 Å². The van der Waals surface area contributed by atoms with Crippen LogP contribution in [0, 0.1) is 0 Å². The van der Waals surface area contributed by atoms with Crippen molar-refractivity contribution < 1.29 is 118 Å². The predicted molar refractivity (Wildman–Crippen MR) is 96.7 cm³/mol. The second-order valence-electron chi connectivity index (χ2n) is 7.58. The lowest BCUT2D eigenvalue weighted by Crippen LogP contribution is -2.53. The Morgan fingerprint density at radius 1 is 0.429 bits per heavy atom. The third kappa shape index (κ3) is 9.27. The van der Waals surface area contributed by atoms with E-state index in [2.05, 4.69) is 9.47 Å². The smallest absolute Gasteiger partial charge is 0.379 e. The molecule has 0 fully saturated rings. The van der Waals surface area contributed by atoms with Crippen molar-refractivity contribution in [2.24, 2.45) is 0 Å². The average Bonchev–Trinajstić information content (AvgIpc) is 2.71. The standard InChI is InChI=1S/C14H16F16O10P2/c15-7(16,9(19,20)39-11(23,24)13(27,28)41(31,32)33)1-3-37-5-6-38-4-2-8(17,18)10(21,22)40-12(25,26)14(29,30)42(34,35)36/h1-6H2,(H2,31,32,33)(H2,34,35,36). The van der Waals surface area contributed by atoms with E-state index in [0.717, 1.165) is 0 Å². The van der Waals surface area contributed by atoms with Crippen LogP contribution in [0.25, 0.3) is 0 Å². The van der Waals surface area contributed by atoms with Gasteiger partial charge >= 0.3 is 62.8 Å². The molecule has 0 radical (unpaired) electrons. The first-order valence-electron chi connectivity index (χ1n) is 9.81. The third-order valence-corrected chi connectivity index (χ3v) is 6.27.